The second kappa shape index (κ2) is 8.16. The first kappa shape index (κ1) is 19.7. The highest BCUT2D eigenvalue weighted by molar-refractivity contribution is 5.85. The van der Waals surface area contributed by atoms with Crippen LogP contribution in [0.2, 0.25) is 0 Å². The number of alkyl halides is 3. The molecule has 0 bridgehead atoms. The Morgan fingerprint density at radius 3 is 2.36 bits per heavy atom. The summed E-state index contributed by atoms with van der Waals surface area (Å²) >= 11 is 0. The molecule has 9 heteroatoms. The van der Waals surface area contributed by atoms with Crippen molar-refractivity contribution in [2.24, 2.45) is 5.73 Å². The number of nitrogens with two attached hydrogens (primary N) is 1. The lowest BCUT2D eigenvalue weighted by Gasteiger charge is -2.30. The van der Waals surface area contributed by atoms with E-state index in [0.717, 1.165) is 11.1 Å². The van der Waals surface area contributed by atoms with Crippen LogP contribution in [0.25, 0.3) is 11.4 Å². The number of benzene rings is 1. The Morgan fingerprint density at radius 2 is 1.80 bits per heavy atom. The molecule has 0 spiro atoms. The molecule has 0 radical (unpaired) electrons. The van der Waals surface area contributed by atoms with Crippen LogP contribution in [0.5, 0.6) is 0 Å². The van der Waals surface area contributed by atoms with Crippen molar-refractivity contribution < 1.29 is 17.7 Å². The number of piperidine rings is 1. The van der Waals surface area contributed by atoms with Gasteiger partial charge in [-0.2, -0.15) is 18.2 Å². The molecule has 5 nitrogen and oxygen atoms in total. The molecule has 0 atom stereocenters. The highest BCUT2D eigenvalue weighted by Crippen LogP contribution is 2.30. The fourth-order valence-electron chi connectivity index (χ4n) is 2.90. The monoisotopic (exact) mass is 376 g/mol. The molecule has 2 aromatic rings. The number of hydrogen-bond acceptors (Lipinski definition) is 5. The molecule has 1 aliphatic heterocycles. The van der Waals surface area contributed by atoms with Crippen molar-refractivity contribution in [3.63, 3.8) is 0 Å². The summed E-state index contributed by atoms with van der Waals surface area (Å²) in [7, 11) is 0. The summed E-state index contributed by atoms with van der Waals surface area (Å²) in [5.74, 6) is 1.00. The summed E-state index contributed by atoms with van der Waals surface area (Å²) in [4.78, 5) is 5.83. The lowest BCUT2D eigenvalue weighted by molar-refractivity contribution is -0.148. The van der Waals surface area contributed by atoms with E-state index in [9.17, 15) is 13.2 Å². The van der Waals surface area contributed by atoms with Crippen molar-refractivity contribution in [1.82, 2.24) is 15.0 Å². The largest absolute Gasteiger partial charge is 0.401 e. The van der Waals surface area contributed by atoms with Crippen molar-refractivity contribution in [2.45, 2.75) is 31.5 Å². The van der Waals surface area contributed by atoms with Crippen LogP contribution >= 0.6 is 12.4 Å². The number of nitrogens with zero attached hydrogens (tertiary/aromatic N) is 3. The summed E-state index contributed by atoms with van der Waals surface area (Å²) in [6.07, 6.45) is -2.98. The first-order chi connectivity index (χ1) is 11.4. The molecular weight excluding hydrogens is 357 g/mol. The van der Waals surface area contributed by atoms with Gasteiger partial charge in [-0.15, -0.1) is 12.4 Å². The molecule has 0 saturated carbocycles. The smallest absolute Gasteiger partial charge is 0.339 e. The van der Waals surface area contributed by atoms with Gasteiger partial charge in [0.1, 0.15) is 0 Å². The molecule has 0 aliphatic carbocycles. The maximum absolute atomic E-state index is 12.4. The first-order valence-corrected chi connectivity index (χ1v) is 7.87. The standard InChI is InChI=1S/C16H19F3N4O.ClH/c17-16(18,19)10-23-7-5-13(6-8-23)15-21-14(22-24-15)12-3-1-11(9-20)2-4-12;/h1-4,13H,5-10,20H2;1H. The minimum absolute atomic E-state index is 0. The van der Waals surface area contributed by atoms with E-state index in [2.05, 4.69) is 10.1 Å². The Kier molecular flexibility index (Phi) is 6.42. The van der Waals surface area contributed by atoms with Crippen molar-refractivity contribution >= 4 is 12.4 Å². The fraction of sp³-hybridized carbons (Fsp3) is 0.500. The zero-order chi connectivity index (χ0) is 17.2. The molecule has 3 rings (SSSR count). The molecule has 1 aliphatic rings. The van der Waals surface area contributed by atoms with Crippen LogP contribution in [-0.2, 0) is 6.54 Å². The molecule has 1 aromatic carbocycles. The van der Waals surface area contributed by atoms with Gasteiger partial charge >= 0.3 is 6.18 Å². The Morgan fingerprint density at radius 1 is 1.16 bits per heavy atom. The van der Waals surface area contributed by atoms with E-state index in [1.807, 2.05) is 24.3 Å². The lowest BCUT2D eigenvalue weighted by Crippen LogP contribution is -2.39. The third-order valence-corrected chi connectivity index (χ3v) is 4.23. The molecule has 25 heavy (non-hydrogen) atoms. The van der Waals surface area contributed by atoms with E-state index < -0.39 is 12.7 Å². The average molecular weight is 377 g/mol. The molecule has 1 fully saturated rings. The maximum atomic E-state index is 12.4. The van der Waals surface area contributed by atoms with Crippen LogP contribution in [0.3, 0.4) is 0 Å². The van der Waals surface area contributed by atoms with E-state index in [1.54, 1.807) is 0 Å². The van der Waals surface area contributed by atoms with Crippen LogP contribution in [0.15, 0.2) is 28.8 Å². The molecule has 1 aromatic heterocycles. The Bertz CT molecular complexity index is 667. The Labute approximate surface area is 149 Å². The summed E-state index contributed by atoms with van der Waals surface area (Å²) in [6, 6.07) is 7.56. The second-order valence-electron chi connectivity index (χ2n) is 6.02. The van der Waals surface area contributed by atoms with Crippen molar-refractivity contribution in [2.75, 3.05) is 19.6 Å². The Hall–Kier alpha value is -1.64. The number of likely N-dealkylation sites (tertiary alicyclic amines) is 1. The average Bonchev–Trinajstić information content (AvgIpc) is 3.04. The quantitative estimate of drug-likeness (QED) is 0.886. The van der Waals surface area contributed by atoms with Crippen molar-refractivity contribution in [1.29, 1.82) is 0 Å². The molecule has 138 valence electrons. The number of hydrogen-bond donors (Lipinski definition) is 1. The summed E-state index contributed by atoms with van der Waals surface area (Å²) < 4.78 is 42.6. The second-order valence-corrected chi connectivity index (χ2v) is 6.02. The van der Waals surface area contributed by atoms with Gasteiger partial charge in [0.05, 0.1) is 6.54 Å². The van der Waals surface area contributed by atoms with Gasteiger partial charge in [0.2, 0.25) is 11.7 Å². The molecular formula is C16H20ClF3N4O. The molecule has 0 unspecified atom stereocenters. The molecule has 2 heterocycles. The molecule has 0 amide bonds. The van der Waals surface area contributed by atoms with Gasteiger partial charge in [0.25, 0.3) is 0 Å². The van der Waals surface area contributed by atoms with Gasteiger partial charge in [0, 0.05) is 18.0 Å². The minimum Gasteiger partial charge on any atom is -0.339 e. The minimum atomic E-state index is -4.15. The summed E-state index contributed by atoms with van der Waals surface area (Å²) in [5, 5.41) is 3.98. The molecule has 2 N–H and O–H groups in total. The third-order valence-electron chi connectivity index (χ3n) is 4.23. The van der Waals surface area contributed by atoms with E-state index in [1.165, 1.54) is 4.90 Å². The Balaban J connectivity index is 0.00000225. The van der Waals surface area contributed by atoms with E-state index >= 15 is 0 Å². The first-order valence-electron chi connectivity index (χ1n) is 7.87. The summed E-state index contributed by atoms with van der Waals surface area (Å²) in [6.45, 7) is 0.372. The lowest BCUT2D eigenvalue weighted by atomic mass is 9.97. The van der Waals surface area contributed by atoms with Crippen LogP contribution < -0.4 is 5.73 Å². The van der Waals surface area contributed by atoms with Gasteiger partial charge in [-0.05, 0) is 31.5 Å². The number of halogens is 4. The zero-order valence-corrected chi connectivity index (χ0v) is 14.3. The van der Waals surface area contributed by atoms with Crippen LogP contribution in [-0.4, -0.2) is 40.9 Å². The predicted molar refractivity (Wildman–Crippen MR) is 89.3 cm³/mol. The number of aromatic nitrogens is 2. The van der Waals surface area contributed by atoms with Gasteiger partial charge in [0.15, 0.2) is 0 Å². The highest BCUT2D eigenvalue weighted by Gasteiger charge is 2.33. The van der Waals surface area contributed by atoms with Crippen molar-refractivity contribution in [3.8, 4) is 11.4 Å². The molecule has 1 saturated heterocycles. The maximum Gasteiger partial charge on any atom is 0.401 e. The zero-order valence-electron chi connectivity index (χ0n) is 13.5. The van der Waals surface area contributed by atoms with Crippen molar-refractivity contribution in [3.05, 3.63) is 35.7 Å². The van der Waals surface area contributed by atoms with Crippen LogP contribution in [0, 0.1) is 0 Å². The van der Waals surface area contributed by atoms with Gasteiger partial charge in [-0.1, -0.05) is 29.4 Å². The third kappa shape index (κ3) is 5.17. The fourth-order valence-corrected chi connectivity index (χ4v) is 2.90. The SMILES string of the molecule is Cl.NCc1ccc(-c2noc(C3CCN(CC(F)(F)F)CC3)n2)cc1. The predicted octanol–water partition coefficient (Wildman–Crippen LogP) is 3.36. The van der Waals surface area contributed by atoms with Gasteiger partial charge in [-0.25, -0.2) is 0 Å². The van der Waals surface area contributed by atoms with E-state index in [-0.39, 0.29) is 18.3 Å². The van der Waals surface area contributed by atoms with Crippen LogP contribution in [0.4, 0.5) is 13.2 Å². The summed E-state index contributed by atoms with van der Waals surface area (Å²) in [5.41, 5.74) is 7.41. The number of rotatable bonds is 4. The van der Waals surface area contributed by atoms with Crippen LogP contribution in [0.1, 0.15) is 30.2 Å². The van der Waals surface area contributed by atoms with E-state index in [4.69, 9.17) is 10.3 Å². The topological polar surface area (TPSA) is 68.2 Å². The van der Waals surface area contributed by atoms with E-state index in [0.29, 0.717) is 44.2 Å². The normalized spacial score (nSPS) is 16.6. The van der Waals surface area contributed by atoms with Gasteiger partial charge in [-0.3, -0.25) is 4.90 Å². The van der Waals surface area contributed by atoms with Gasteiger partial charge < -0.3 is 10.3 Å². The highest BCUT2D eigenvalue weighted by atomic mass is 35.5.